The lowest BCUT2D eigenvalue weighted by molar-refractivity contribution is 0.0931. The number of hydrogen-bond acceptors (Lipinski definition) is 3. The summed E-state index contributed by atoms with van der Waals surface area (Å²) in [6.07, 6.45) is 2.02. The van der Waals surface area contributed by atoms with E-state index in [0.29, 0.717) is 16.6 Å². The van der Waals surface area contributed by atoms with Crippen molar-refractivity contribution in [3.8, 4) is 0 Å². The van der Waals surface area contributed by atoms with Crippen LogP contribution in [0.3, 0.4) is 0 Å². The SMILES string of the molecule is CCCNC(=O)c1cc(=O)c(C(=O)NC(c2ccc(Cl)cc2)c2ccc(Cl)cc2)c[nH]1. The van der Waals surface area contributed by atoms with Crippen LogP contribution < -0.4 is 16.1 Å². The molecule has 0 saturated heterocycles. The highest BCUT2D eigenvalue weighted by Crippen LogP contribution is 2.25. The molecule has 0 spiro atoms. The first-order chi connectivity index (χ1) is 14.9. The fraction of sp³-hybridized carbons (Fsp3) is 0.174. The topological polar surface area (TPSA) is 91.1 Å². The van der Waals surface area contributed by atoms with E-state index in [2.05, 4.69) is 15.6 Å². The minimum Gasteiger partial charge on any atom is -0.356 e. The molecule has 3 rings (SSSR count). The average Bonchev–Trinajstić information content (AvgIpc) is 2.77. The monoisotopic (exact) mass is 457 g/mol. The van der Waals surface area contributed by atoms with E-state index < -0.39 is 23.3 Å². The number of amides is 2. The maximum atomic E-state index is 12.9. The first-order valence-electron chi connectivity index (χ1n) is 9.71. The van der Waals surface area contributed by atoms with Gasteiger partial charge in [0, 0.05) is 28.9 Å². The Hall–Kier alpha value is -3.09. The molecule has 31 heavy (non-hydrogen) atoms. The molecular weight excluding hydrogens is 437 g/mol. The highest BCUT2D eigenvalue weighted by Gasteiger charge is 2.20. The summed E-state index contributed by atoms with van der Waals surface area (Å²) in [6.45, 7) is 2.42. The summed E-state index contributed by atoms with van der Waals surface area (Å²) in [4.78, 5) is 40.2. The molecule has 2 aromatic carbocycles. The fourth-order valence-corrected chi connectivity index (χ4v) is 3.24. The van der Waals surface area contributed by atoms with E-state index in [9.17, 15) is 14.4 Å². The highest BCUT2D eigenvalue weighted by molar-refractivity contribution is 6.30. The van der Waals surface area contributed by atoms with Crippen LogP contribution in [0.1, 0.15) is 51.4 Å². The Kier molecular flexibility index (Phi) is 7.50. The lowest BCUT2D eigenvalue weighted by Crippen LogP contribution is -2.33. The molecule has 0 saturated carbocycles. The van der Waals surface area contributed by atoms with Crippen LogP contribution in [0.15, 0.2) is 65.6 Å². The van der Waals surface area contributed by atoms with Crippen LogP contribution in [0.25, 0.3) is 0 Å². The number of nitrogens with one attached hydrogen (secondary N) is 3. The molecule has 0 fully saturated rings. The number of H-pyrrole nitrogens is 1. The van der Waals surface area contributed by atoms with Gasteiger partial charge in [-0.05, 0) is 41.8 Å². The summed E-state index contributed by atoms with van der Waals surface area (Å²) in [5.41, 5.74) is 1.02. The molecule has 0 aliphatic carbocycles. The second-order valence-electron chi connectivity index (χ2n) is 6.89. The smallest absolute Gasteiger partial charge is 0.267 e. The summed E-state index contributed by atoms with van der Waals surface area (Å²) in [6, 6.07) is 14.7. The van der Waals surface area contributed by atoms with Gasteiger partial charge in [0.2, 0.25) is 0 Å². The number of aromatic amines is 1. The number of benzene rings is 2. The Labute approximate surface area is 189 Å². The van der Waals surface area contributed by atoms with Gasteiger partial charge in [-0.2, -0.15) is 0 Å². The predicted molar refractivity (Wildman–Crippen MR) is 122 cm³/mol. The maximum Gasteiger partial charge on any atom is 0.267 e. The van der Waals surface area contributed by atoms with Crippen LogP contribution in [-0.4, -0.2) is 23.3 Å². The van der Waals surface area contributed by atoms with Crippen LogP contribution in [-0.2, 0) is 0 Å². The van der Waals surface area contributed by atoms with E-state index in [4.69, 9.17) is 23.2 Å². The van der Waals surface area contributed by atoms with Crippen molar-refractivity contribution in [2.45, 2.75) is 19.4 Å². The maximum absolute atomic E-state index is 12.9. The molecule has 1 heterocycles. The number of hydrogen-bond donors (Lipinski definition) is 3. The molecule has 0 aliphatic heterocycles. The molecule has 0 atom stereocenters. The lowest BCUT2D eigenvalue weighted by atomic mass is 9.98. The minimum atomic E-state index is -0.573. The van der Waals surface area contributed by atoms with Crippen molar-refractivity contribution in [2.75, 3.05) is 6.54 Å². The first kappa shape index (κ1) is 22.6. The van der Waals surface area contributed by atoms with Gasteiger partial charge in [0.25, 0.3) is 11.8 Å². The van der Waals surface area contributed by atoms with Gasteiger partial charge in [0.05, 0.1) is 6.04 Å². The molecule has 2 amide bonds. The van der Waals surface area contributed by atoms with E-state index in [-0.39, 0.29) is 11.3 Å². The largest absolute Gasteiger partial charge is 0.356 e. The van der Waals surface area contributed by atoms with Gasteiger partial charge in [-0.15, -0.1) is 0 Å². The van der Waals surface area contributed by atoms with E-state index in [0.717, 1.165) is 23.6 Å². The van der Waals surface area contributed by atoms with Crippen molar-refractivity contribution in [3.63, 3.8) is 0 Å². The van der Waals surface area contributed by atoms with Gasteiger partial charge in [-0.1, -0.05) is 54.4 Å². The molecule has 3 aromatic rings. The Morgan fingerprint density at radius 1 is 0.935 bits per heavy atom. The average molecular weight is 458 g/mol. The number of carbonyl (C=O) groups is 2. The molecule has 0 unspecified atom stereocenters. The van der Waals surface area contributed by atoms with E-state index in [1.54, 1.807) is 48.5 Å². The normalized spacial score (nSPS) is 10.7. The quantitative estimate of drug-likeness (QED) is 0.492. The molecular formula is C23H21Cl2N3O3. The van der Waals surface area contributed by atoms with Gasteiger partial charge < -0.3 is 15.6 Å². The van der Waals surface area contributed by atoms with Crippen LogP contribution in [0.5, 0.6) is 0 Å². The van der Waals surface area contributed by atoms with Crippen LogP contribution in [0.4, 0.5) is 0 Å². The van der Waals surface area contributed by atoms with E-state index in [1.165, 1.54) is 6.20 Å². The molecule has 6 nitrogen and oxygen atoms in total. The fourth-order valence-electron chi connectivity index (χ4n) is 2.99. The third-order valence-corrected chi connectivity index (χ3v) is 5.12. The van der Waals surface area contributed by atoms with Crippen molar-refractivity contribution in [1.82, 2.24) is 15.6 Å². The zero-order chi connectivity index (χ0) is 22.4. The molecule has 160 valence electrons. The zero-order valence-corrected chi connectivity index (χ0v) is 18.3. The molecule has 1 aromatic heterocycles. The van der Waals surface area contributed by atoms with Crippen molar-refractivity contribution >= 4 is 35.0 Å². The Balaban J connectivity index is 1.88. The minimum absolute atomic E-state index is 0.0973. The lowest BCUT2D eigenvalue weighted by Gasteiger charge is -2.20. The number of halogens is 2. The third kappa shape index (κ3) is 5.75. The number of rotatable bonds is 7. The number of carbonyl (C=O) groups excluding carboxylic acids is 2. The summed E-state index contributed by atoms with van der Waals surface area (Å²) in [5.74, 6) is -0.970. The first-order valence-corrected chi connectivity index (χ1v) is 10.5. The van der Waals surface area contributed by atoms with Gasteiger partial charge in [-0.3, -0.25) is 14.4 Å². The standard InChI is InChI=1S/C23H21Cl2N3O3/c1-2-11-26-23(31)19-12-20(29)18(13-27-19)22(30)28-21(14-3-7-16(24)8-4-14)15-5-9-17(25)10-6-15/h3-10,12-13,21H,2,11H2,1H3,(H,26,31)(H,27,29)(H,28,30). The molecule has 0 radical (unpaired) electrons. The van der Waals surface area contributed by atoms with Crippen molar-refractivity contribution in [3.05, 3.63) is 103 Å². The molecule has 0 aliphatic rings. The Morgan fingerprint density at radius 2 is 1.48 bits per heavy atom. The third-order valence-electron chi connectivity index (χ3n) is 4.62. The van der Waals surface area contributed by atoms with Crippen molar-refractivity contribution in [1.29, 1.82) is 0 Å². The highest BCUT2D eigenvalue weighted by atomic mass is 35.5. The summed E-state index contributed by atoms with van der Waals surface area (Å²) in [7, 11) is 0. The summed E-state index contributed by atoms with van der Waals surface area (Å²) < 4.78 is 0. The van der Waals surface area contributed by atoms with Crippen LogP contribution in [0.2, 0.25) is 10.0 Å². The van der Waals surface area contributed by atoms with Gasteiger partial charge >= 0.3 is 0 Å². The van der Waals surface area contributed by atoms with E-state index in [1.807, 2.05) is 6.92 Å². The molecule has 0 bridgehead atoms. The zero-order valence-electron chi connectivity index (χ0n) is 16.7. The van der Waals surface area contributed by atoms with Crippen LogP contribution >= 0.6 is 23.2 Å². The number of aromatic nitrogens is 1. The Bertz CT molecular complexity index is 1080. The van der Waals surface area contributed by atoms with Gasteiger partial charge in [0.1, 0.15) is 11.3 Å². The Morgan fingerprint density at radius 3 is 1.97 bits per heavy atom. The number of pyridine rings is 1. The summed E-state index contributed by atoms with van der Waals surface area (Å²) in [5, 5.41) is 6.70. The van der Waals surface area contributed by atoms with Crippen molar-refractivity contribution < 1.29 is 9.59 Å². The van der Waals surface area contributed by atoms with Gasteiger partial charge in [0.15, 0.2) is 5.43 Å². The van der Waals surface area contributed by atoms with Crippen LogP contribution in [0, 0.1) is 0 Å². The second kappa shape index (κ2) is 10.3. The predicted octanol–water partition coefficient (Wildman–Crippen LogP) is 4.34. The molecule has 8 heteroatoms. The van der Waals surface area contributed by atoms with Crippen molar-refractivity contribution in [2.24, 2.45) is 0 Å². The van der Waals surface area contributed by atoms with E-state index >= 15 is 0 Å². The van der Waals surface area contributed by atoms with Gasteiger partial charge in [-0.25, -0.2) is 0 Å². The second-order valence-corrected chi connectivity index (χ2v) is 7.76. The summed E-state index contributed by atoms with van der Waals surface area (Å²) >= 11 is 12.0. The molecule has 3 N–H and O–H groups in total.